The fourth-order valence-corrected chi connectivity index (χ4v) is 3.41. The summed E-state index contributed by atoms with van der Waals surface area (Å²) in [7, 11) is 3.31. The van der Waals surface area contributed by atoms with E-state index in [2.05, 4.69) is 15.5 Å². The van der Waals surface area contributed by atoms with Crippen LogP contribution in [0, 0.1) is 0 Å². The topological polar surface area (TPSA) is 70.7 Å². The van der Waals surface area contributed by atoms with Gasteiger partial charge in [0.1, 0.15) is 4.88 Å². The van der Waals surface area contributed by atoms with Gasteiger partial charge in [-0.2, -0.15) is 0 Å². The lowest BCUT2D eigenvalue weighted by Crippen LogP contribution is -2.38. The number of amides is 1. The highest BCUT2D eigenvalue weighted by molar-refractivity contribution is 7.12. The monoisotopic (exact) mass is 325 g/mol. The van der Waals surface area contributed by atoms with Crippen molar-refractivity contribution in [2.24, 2.45) is 0 Å². The molecular formula is C15H23N3O3S. The Labute approximate surface area is 134 Å². The van der Waals surface area contributed by atoms with Crippen LogP contribution in [-0.2, 0) is 9.53 Å². The highest BCUT2D eigenvalue weighted by Gasteiger charge is 2.20. The van der Waals surface area contributed by atoms with E-state index in [-0.39, 0.29) is 5.91 Å². The highest BCUT2D eigenvalue weighted by Crippen LogP contribution is 2.23. The molecule has 1 aromatic rings. The second kappa shape index (κ2) is 8.26. The van der Waals surface area contributed by atoms with E-state index in [1.807, 2.05) is 7.05 Å². The van der Waals surface area contributed by atoms with Crippen LogP contribution in [0.3, 0.4) is 0 Å². The first-order chi connectivity index (χ1) is 10.6. The van der Waals surface area contributed by atoms with E-state index in [1.165, 1.54) is 18.4 Å². The molecule has 1 aliphatic heterocycles. The Balaban J connectivity index is 1.89. The molecule has 1 aromatic heterocycles. The van der Waals surface area contributed by atoms with Gasteiger partial charge in [0.05, 0.1) is 19.3 Å². The predicted molar refractivity (Wildman–Crippen MR) is 87.4 cm³/mol. The quantitative estimate of drug-likeness (QED) is 0.804. The fraction of sp³-hybridized carbons (Fsp3) is 0.600. The van der Waals surface area contributed by atoms with Gasteiger partial charge in [-0.05, 0) is 50.8 Å². The Morgan fingerprint density at radius 3 is 3.05 bits per heavy atom. The van der Waals surface area contributed by atoms with E-state index in [1.54, 1.807) is 11.4 Å². The molecule has 122 valence electrons. The first-order valence-electron chi connectivity index (χ1n) is 7.48. The van der Waals surface area contributed by atoms with Gasteiger partial charge in [-0.15, -0.1) is 11.3 Å². The van der Waals surface area contributed by atoms with Crippen LogP contribution in [0.2, 0.25) is 0 Å². The predicted octanol–water partition coefficient (Wildman–Crippen LogP) is 1.55. The molecule has 1 unspecified atom stereocenters. The first-order valence-corrected chi connectivity index (χ1v) is 8.36. The zero-order valence-corrected chi connectivity index (χ0v) is 13.9. The number of nitrogens with one attached hydrogen (secondary N) is 2. The van der Waals surface area contributed by atoms with Gasteiger partial charge in [-0.1, -0.05) is 0 Å². The third-order valence-corrected chi connectivity index (χ3v) is 4.77. The summed E-state index contributed by atoms with van der Waals surface area (Å²) in [6.07, 6.45) is 3.28. The average Bonchev–Trinajstić information content (AvgIpc) is 2.78. The zero-order chi connectivity index (χ0) is 15.9. The van der Waals surface area contributed by atoms with Crippen molar-refractivity contribution in [2.45, 2.75) is 25.3 Å². The summed E-state index contributed by atoms with van der Waals surface area (Å²) in [6.45, 7) is 2.36. The summed E-state index contributed by atoms with van der Waals surface area (Å²) in [5.41, 5.74) is 0.526. The van der Waals surface area contributed by atoms with Crippen LogP contribution in [0.25, 0.3) is 0 Å². The molecule has 1 fully saturated rings. The zero-order valence-electron chi connectivity index (χ0n) is 13.1. The number of methoxy groups -OCH3 is 1. The molecule has 7 heteroatoms. The van der Waals surface area contributed by atoms with Gasteiger partial charge >= 0.3 is 5.97 Å². The number of rotatable bonds is 5. The van der Waals surface area contributed by atoms with Crippen molar-refractivity contribution in [3.05, 3.63) is 16.3 Å². The van der Waals surface area contributed by atoms with Gasteiger partial charge < -0.3 is 15.4 Å². The number of ether oxygens (including phenoxy) is 1. The molecule has 0 aliphatic carbocycles. The number of carbonyl (C=O) groups excluding carboxylic acids is 2. The van der Waals surface area contributed by atoms with Crippen molar-refractivity contribution in [3.63, 3.8) is 0 Å². The normalized spacial score (nSPS) is 18.8. The maximum absolute atomic E-state index is 12.2. The van der Waals surface area contributed by atoms with Gasteiger partial charge in [-0.25, -0.2) is 4.79 Å². The number of hydrogen-bond acceptors (Lipinski definition) is 6. The lowest BCUT2D eigenvalue weighted by molar-refractivity contribution is -0.117. The molecule has 0 spiro atoms. The van der Waals surface area contributed by atoms with E-state index in [4.69, 9.17) is 4.74 Å². The highest BCUT2D eigenvalue weighted by atomic mass is 32.1. The molecule has 2 rings (SSSR count). The van der Waals surface area contributed by atoms with Gasteiger partial charge in [-0.3, -0.25) is 9.69 Å². The molecule has 1 saturated heterocycles. The molecule has 0 radical (unpaired) electrons. The Hall–Kier alpha value is -1.44. The van der Waals surface area contributed by atoms with Crippen molar-refractivity contribution in [2.75, 3.05) is 39.1 Å². The second-order valence-electron chi connectivity index (χ2n) is 5.45. The van der Waals surface area contributed by atoms with Crippen molar-refractivity contribution in [3.8, 4) is 0 Å². The van der Waals surface area contributed by atoms with Crippen molar-refractivity contribution in [1.82, 2.24) is 10.2 Å². The van der Waals surface area contributed by atoms with Crippen LogP contribution in [-0.4, -0.2) is 56.6 Å². The Bertz CT molecular complexity index is 510. The van der Waals surface area contributed by atoms with Crippen molar-refractivity contribution in [1.29, 1.82) is 0 Å². The Morgan fingerprint density at radius 2 is 2.27 bits per heavy atom. The number of likely N-dealkylation sites (N-methyl/N-ethyl adjacent to an activating group) is 1. The lowest BCUT2D eigenvalue weighted by Gasteiger charge is -2.26. The molecule has 1 amide bonds. The van der Waals surface area contributed by atoms with Crippen LogP contribution < -0.4 is 10.6 Å². The largest absolute Gasteiger partial charge is 0.465 e. The lowest BCUT2D eigenvalue weighted by atomic mass is 10.1. The van der Waals surface area contributed by atoms with E-state index in [9.17, 15) is 9.59 Å². The Morgan fingerprint density at radius 1 is 1.45 bits per heavy atom. The number of hydrogen-bond donors (Lipinski definition) is 2. The number of nitrogens with zero attached hydrogens (tertiary/aromatic N) is 1. The van der Waals surface area contributed by atoms with E-state index in [0.29, 0.717) is 23.2 Å². The van der Waals surface area contributed by atoms with Gasteiger partial charge in [0.25, 0.3) is 0 Å². The fourth-order valence-electron chi connectivity index (χ4n) is 2.65. The van der Waals surface area contributed by atoms with Gasteiger partial charge in [0.2, 0.25) is 5.91 Å². The minimum Gasteiger partial charge on any atom is -0.465 e. The summed E-state index contributed by atoms with van der Waals surface area (Å²) in [6, 6.07) is 2.15. The van der Waals surface area contributed by atoms with Crippen LogP contribution in [0.5, 0.6) is 0 Å². The third-order valence-electron chi connectivity index (χ3n) is 3.87. The number of thiophene rings is 1. The van der Waals surface area contributed by atoms with Gasteiger partial charge in [0, 0.05) is 6.04 Å². The molecule has 2 heterocycles. The maximum Gasteiger partial charge on any atom is 0.350 e. The molecular weight excluding hydrogens is 302 g/mol. The third kappa shape index (κ3) is 4.53. The minimum atomic E-state index is -0.423. The minimum absolute atomic E-state index is 0.108. The second-order valence-corrected chi connectivity index (χ2v) is 6.37. The number of anilines is 1. The summed E-state index contributed by atoms with van der Waals surface area (Å²) < 4.78 is 4.71. The van der Waals surface area contributed by atoms with E-state index < -0.39 is 5.97 Å². The molecule has 1 aliphatic rings. The first kappa shape index (κ1) is 16.9. The standard InChI is InChI=1S/C15H23N3O3S/c1-18(11-4-3-7-16-8-5-11)10-13(19)17-12-6-9-22-14(12)15(20)21-2/h6,9,11,16H,3-5,7-8,10H2,1-2H3,(H,17,19). The summed E-state index contributed by atoms with van der Waals surface area (Å²) in [5.74, 6) is -0.531. The molecule has 6 nitrogen and oxygen atoms in total. The Kier molecular flexibility index (Phi) is 6.35. The van der Waals surface area contributed by atoms with Crippen LogP contribution in [0.1, 0.15) is 28.9 Å². The van der Waals surface area contributed by atoms with Crippen LogP contribution >= 0.6 is 11.3 Å². The van der Waals surface area contributed by atoms with E-state index in [0.717, 1.165) is 32.4 Å². The molecule has 1 atom stereocenters. The summed E-state index contributed by atoms with van der Waals surface area (Å²) in [4.78, 5) is 26.3. The molecule has 22 heavy (non-hydrogen) atoms. The van der Waals surface area contributed by atoms with Crippen LogP contribution in [0.15, 0.2) is 11.4 Å². The molecule has 0 saturated carbocycles. The average molecular weight is 325 g/mol. The van der Waals surface area contributed by atoms with Crippen molar-refractivity contribution < 1.29 is 14.3 Å². The maximum atomic E-state index is 12.2. The SMILES string of the molecule is COC(=O)c1sccc1NC(=O)CN(C)C1CCCNCC1. The summed E-state index contributed by atoms with van der Waals surface area (Å²) >= 11 is 1.26. The summed E-state index contributed by atoms with van der Waals surface area (Å²) in [5, 5.41) is 7.94. The molecule has 0 bridgehead atoms. The van der Waals surface area contributed by atoms with Gasteiger partial charge in [0.15, 0.2) is 0 Å². The molecule has 2 N–H and O–H groups in total. The van der Waals surface area contributed by atoms with E-state index >= 15 is 0 Å². The number of carbonyl (C=O) groups is 2. The molecule has 0 aromatic carbocycles. The smallest absolute Gasteiger partial charge is 0.350 e. The van der Waals surface area contributed by atoms with Crippen LogP contribution in [0.4, 0.5) is 5.69 Å². The number of esters is 1. The van der Waals surface area contributed by atoms with Crippen molar-refractivity contribution >= 4 is 28.9 Å².